The lowest BCUT2D eigenvalue weighted by Gasteiger charge is -2.11. The zero-order chi connectivity index (χ0) is 22.4. The second-order valence-corrected chi connectivity index (χ2v) is 8.11. The van der Waals surface area contributed by atoms with Gasteiger partial charge in [-0.15, -0.1) is 11.3 Å². The van der Waals surface area contributed by atoms with Crippen LogP contribution < -0.4 is 14.8 Å². The molecule has 0 atom stereocenters. The van der Waals surface area contributed by atoms with E-state index < -0.39 is 5.97 Å². The van der Waals surface area contributed by atoms with Crippen molar-refractivity contribution in [3.05, 3.63) is 68.6 Å². The first-order valence-electron chi connectivity index (χ1n) is 8.98. The van der Waals surface area contributed by atoms with Crippen LogP contribution in [0.2, 0.25) is 10.0 Å². The number of methoxy groups -OCH3 is 2. The summed E-state index contributed by atoms with van der Waals surface area (Å²) < 4.78 is 15.2. The molecule has 0 unspecified atom stereocenters. The van der Waals surface area contributed by atoms with E-state index in [9.17, 15) is 9.59 Å². The molecule has 0 saturated carbocycles. The van der Waals surface area contributed by atoms with Gasteiger partial charge < -0.3 is 14.2 Å². The van der Waals surface area contributed by atoms with Crippen LogP contribution in [0.15, 0.2) is 42.6 Å². The molecule has 3 rings (SSSR count). The number of nitrogens with one attached hydrogen (secondary N) is 1. The Bertz CT molecular complexity index is 1100. The number of aromatic nitrogens is 1. The molecule has 10 heteroatoms. The highest BCUT2D eigenvalue weighted by atomic mass is 35.5. The normalized spacial score (nSPS) is 10.5. The molecule has 7 nitrogen and oxygen atoms in total. The number of nitrogens with zero attached hydrogens (tertiary/aromatic N) is 1. The van der Waals surface area contributed by atoms with Crippen molar-refractivity contribution < 1.29 is 23.8 Å². The number of hydrogen-bond donors (Lipinski definition) is 1. The third-order valence-corrected chi connectivity index (χ3v) is 5.94. The van der Waals surface area contributed by atoms with Gasteiger partial charge in [0, 0.05) is 23.1 Å². The molecule has 3 aromatic rings. The average molecular weight is 481 g/mol. The van der Waals surface area contributed by atoms with E-state index in [0.29, 0.717) is 32.9 Å². The Morgan fingerprint density at radius 2 is 1.94 bits per heavy atom. The van der Waals surface area contributed by atoms with Crippen LogP contribution in [-0.4, -0.2) is 37.7 Å². The Kier molecular flexibility index (Phi) is 7.73. The minimum atomic E-state index is -0.549. The van der Waals surface area contributed by atoms with E-state index in [1.807, 2.05) is 12.1 Å². The van der Waals surface area contributed by atoms with Crippen LogP contribution in [0.25, 0.3) is 0 Å². The highest BCUT2D eigenvalue weighted by Crippen LogP contribution is 2.31. The molecule has 0 aliphatic rings. The van der Waals surface area contributed by atoms with Crippen molar-refractivity contribution in [3.8, 4) is 11.5 Å². The first kappa shape index (κ1) is 22.9. The van der Waals surface area contributed by atoms with E-state index in [4.69, 9.17) is 32.7 Å². The van der Waals surface area contributed by atoms with E-state index >= 15 is 0 Å². The third kappa shape index (κ3) is 5.88. The first-order valence-corrected chi connectivity index (χ1v) is 10.5. The number of carbonyl (C=O) groups is 2. The molecule has 1 N–H and O–H groups in total. The summed E-state index contributed by atoms with van der Waals surface area (Å²) in [5.74, 6) is -0.300. The summed E-state index contributed by atoms with van der Waals surface area (Å²) in [7, 11) is 2.72. The van der Waals surface area contributed by atoms with E-state index in [1.54, 1.807) is 24.4 Å². The molecule has 1 aromatic heterocycles. The molecule has 31 heavy (non-hydrogen) atoms. The fraction of sp³-hybridized carbons (Fsp3) is 0.190. The summed E-state index contributed by atoms with van der Waals surface area (Å²) >= 11 is 13.6. The highest BCUT2D eigenvalue weighted by molar-refractivity contribution is 7.15. The van der Waals surface area contributed by atoms with Crippen LogP contribution >= 0.6 is 34.5 Å². The quantitative estimate of drug-likeness (QED) is 0.463. The summed E-state index contributed by atoms with van der Waals surface area (Å²) in [4.78, 5) is 29.1. The Morgan fingerprint density at radius 3 is 2.68 bits per heavy atom. The molecule has 0 spiro atoms. The third-order valence-electron chi connectivity index (χ3n) is 4.17. The second kappa shape index (κ2) is 10.5. The largest absolute Gasteiger partial charge is 0.493 e. The van der Waals surface area contributed by atoms with Gasteiger partial charge in [-0.3, -0.25) is 10.1 Å². The van der Waals surface area contributed by atoms with Crippen molar-refractivity contribution in [3.63, 3.8) is 0 Å². The van der Waals surface area contributed by atoms with E-state index in [1.165, 1.54) is 31.6 Å². The topological polar surface area (TPSA) is 86.8 Å². The lowest BCUT2D eigenvalue weighted by Crippen LogP contribution is -2.15. The molecule has 0 fully saturated rings. The molecular weight excluding hydrogens is 463 g/mol. The minimum absolute atomic E-state index is 0.246. The summed E-state index contributed by atoms with van der Waals surface area (Å²) in [6, 6.07) is 10.1. The first-order chi connectivity index (χ1) is 14.9. The molecule has 0 saturated heterocycles. The fourth-order valence-electron chi connectivity index (χ4n) is 2.62. The predicted octanol–water partition coefficient (Wildman–Crippen LogP) is 4.85. The number of carbonyl (C=O) groups excluding carboxylic acids is 2. The van der Waals surface area contributed by atoms with Crippen LogP contribution in [-0.2, 0) is 16.0 Å². The van der Waals surface area contributed by atoms with Crippen molar-refractivity contribution in [2.75, 3.05) is 26.1 Å². The highest BCUT2D eigenvalue weighted by Gasteiger charge is 2.15. The number of amides is 1. The van der Waals surface area contributed by atoms with Crippen LogP contribution in [0.5, 0.6) is 11.5 Å². The molecule has 0 radical (unpaired) electrons. The molecule has 162 valence electrons. The molecule has 2 aromatic carbocycles. The maximum Gasteiger partial charge on any atom is 0.343 e. The number of anilines is 1. The second-order valence-electron chi connectivity index (χ2n) is 6.21. The lowest BCUT2D eigenvalue weighted by molar-refractivity contribution is -0.142. The molecule has 1 heterocycles. The summed E-state index contributed by atoms with van der Waals surface area (Å²) in [6.07, 6.45) is 2.22. The van der Waals surface area contributed by atoms with Gasteiger partial charge in [-0.2, -0.15) is 0 Å². The van der Waals surface area contributed by atoms with Crippen molar-refractivity contribution >= 4 is 51.5 Å². The summed E-state index contributed by atoms with van der Waals surface area (Å²) in [6.45, 7) is -0.306. The van der Waals surface area contributed by atoms with Gasteiger partial charge in [-0.05, 0) is 29.8 Å². The standard InChI is InChI=1S/C21H18Cl2N2O5S/c1-28-16-7-6-13(9-17(16)30-11-18(26)29-2)20(27)25-21-24-10-14(31-21)8-12-4-3-5-15(22)19(12)23/h3-7,9-10H,8,11H2,1-2H3,(H,24,25,27). The van der Waals surface area contributed by atoms with Gasteiger partial charge in [-0.25, -0.2) is 9.78 Å². The molecule has 0 aliphatic carbocycles. The van der Waals surface area contributed by atoms with Crippen LogP contribution in [0, 0.1) is 0 Å². The van der Waals surface area contributed by atoms with Gasteiger partial charge >= 0.3 is 5.97 Å². The van der Waals surface area contributed by atoms with Gasteiger partial charge in [0.1, 0.15) is 0 Å². The number of ether oxygens (including phenoxy) is 3. The molecule has 0 bridgehead atoms. The zero-order valence-electron chi connectivity index (χ0n) is 16.6. The lowest BCUT2D eigenvalue weighted by atomic mass is 10.1. The number of rotatable bonds is 8. The molecule has 0 aliphatic heterocycles. The van der Waals surface area contributed by atoms with Crippen LogP contribution in [0.1, 0.15) is 20.8 Å². The summed E-state index contributed by atoms with van der Waals surface area (Å²) in [5.41, 5.74) is 1.19. The van der Waals surface area contributed by atoms with Crippen molar-refractivity contribution in [2.24, 2.45) is 0 Å². The maximum atomic E-state index is 12.7. The van der Waals surface area contributed by atoms with E-state index in [-0.39, 0.29) is 18.3 Å². The van der Waals surface area contributed by atoms with Gasteiger partial charge in [-0.1, -0.05) is 35.3 Å². The monoisotopic (exact) mass is 480 g/mol. The SMILES string of the molecule is COC(=O)COc1cc(C(=O)Nc2ncc(Cc3cccc(Cl)c3Cl)s2)ccc1OC. The predicted molar refractivity (Wildman–Crippen MR) is 120 cm³/mol. The molecule has 1 amide bonds. The number of esters is 1. The average Bonchev–Trinajstić information content (AvgIpc) is 3.21. The van der Waals surface area contributed by atoms with Crippen LogP contribution in [0.3, 0.4) is 0 Å². The fourth-order valence-corrected chi connectivity index (χ4v) is 3.83. The van der Waals surface area contributed by atoms with E-state index in [0.717, 1.165) is 10.4 Å². The van der Waals surface area contributed by atoms with Crippen molar-refractivity contribution in [1.82, 2.24) is 4.98 Å². The zero-order valence-corrected chi connectivity index (χ0v) is 18.9. The number of benzene rings is 2. The smallest absolute Gasteiger partial charge is 0.343 e. The number of halogens is 2. The Morgan fingerprint density at radius 1 is 1.13 bits per heavy atom. The van der Waals surface area contributed by atoms with E-state index in [2.05, 4.69) is 15.0 Å². The Hall–Kier alpha value is -2.81. The van der Waals surface area contributed by atoms with Crippen molar-refractivity contribution in [2.45, 2.75) is 6.42 Å². The number of hydrogen-bond acceptors (Lipinski definition) is 7. The Labute approximate surface area is 192 Å². The summed E-state index contributed by atoms with van der Waals surface area (Å²) in [5, 5.41) is 4.18. The minimum Gasteiger partial charge on any atom is -0.493 e. The number of thiazole rings is 1. The van der Waals surface area contributed by atoms with Gasteiger partial charge in [0.05, 0.1) is 24.3 Å². The van der Waals surface area contributed by atoms with Crippen LogP contribution in [0.4, 0.5) is 5.13 Å². The maximum absolute atomic E-state index is 12.7. The van der Waals surface area contributed by atoms with Gasteiger partial charge in [0.15, 0.2) is 23.2 Å². The van der Waals surface area contributed by atoms with Gasteiger partial charge in [0.25, 0.3) is 5.91 Å². The Balaban J connectivity index is 1.70. The van der Waals surface area contributed by atoms with Crippen molar-refractivity contribution in [1.29, 1.82) is 0 Å². The van der Waals surface area contributed by atoms with Gasteiger partial charge in [0.2, 0.25) is 0 Å². The molecular formula is C21H18Cl2N2O5S.